The Balaban J connectivity index is 2.35. The van der Waals surface area contributed by atoms with E-state index >= 15 is 0 Å². The minimum absolute atomic E-state index is 0.0260. The van der Waals surface area contributed by atoms with Crippen molar-refractivity contribution < 1.29 is 8.42 Å². The second-order valence-electron chi connectivity index (χ2n) is 5.27. The summed E-state index contributed by atoms with van der Waals surface area (Å²) in [4.78, 5) is 0.0260. The zero-order valence-electron chi connectivity index (χ0n) is 11.2. The number of alkyl halides is 1. The molecule has 1 aromatic rings. The van der Waals surface area contributed by atoms with Gasteiger partial charge in [0.05, 0.1) is 5.02 Å². The van der Waals surface area contributed by atoms with Crippen molar-refractivity contribution in [2.45, 2.75) is 24.1 Å². The zero-order valence-corrected chi connectivity index (χ0v) is 14.3. The van der Waals surface area contributed by atoms with E-state index in [0.717, 1.165) is 6.42 Å². The summed E-state index contributed by atoms with van der Waals surface area (Å²) < 4.78 is 26.5. The number of hydrogen-bond acceptors (Lipinski definition) is 2. The predicted molar refractivity (Wildman–Crippen MR) is 83.1 cm³/mol. The molecule has 0 radical (unpaired) electrons. The number of nitrogens with zero attached hydrogens (tertiary/aromatic N) is 1. The van der Waals surface area contributed by atoms with Gasteiger partial charge in [-0.15, -0.1) is 11.6 Å². The molecule has 0 aliphatic heterocycles. The van der Waals surface area contributed by atoms with Crippen LogP contribution in [-0.2, 0) is 15.9 Å². The van der Waals surface area contributed by atoms with Crippen LogP contribution in [0.1, 0.15) is 18.9 Å². The summed E-state index contributed by atoms with van der Waals surface area (Å²) in [5.41, 5.74) is 0.521. The minimum atomic E-state index is -3.64. The molecular weight excluding hydrogens is 341 g/mol. The quantitative estimate of drug-likeness (QED) is 0.748. The van der Waals surface area contributed by atoms with Gasteiger partial charge < -0.3 is 0 Å². The fourth-order valence-corrected chi connectivity index (χ4v) is 4.56. The van der Waals surface area contributed by atoms with E-state index in [1.807, 2.05) is 0 Å². The largest absolute Gasteiger partial charge is 0.244 e. The molecule has 3 nitrogen and oxygen atoms in total. The van der Waals surface area contributed by atoms with Crippen molar-refractivity contribution in [1.29, 1.82) is 0 Å². The molecule has 1 aliphatic rings. The Bertz CT molecular complexity index is 618. The molecule has 0 heterocycles. The summed E-state index contributed by atoms with van der Waals surface area (Å²) in [6, 6.07) is 2.96. The predicted octanol–water partition coefficient (Wildman–Crippen LogP) is 4.01. The van der Waals surface area contributed by atoms with Gasteiger partial charge in [-0.05, 0) is 36.0 Å². The third kappa shape index (κ3) is 3.25. The Morgan fingerprint density at radius 3 is 2.45 bits per heavy atom. The summed E-state index contributed by atoms with van der Waals surface area (Å²) in [5, 5.41) is 0.469. The highest BCUT2D eigenvalue weighted by molar-refractivity contribution is 7.89. The van der Waals surface area contributed by atoms with E-state index in [1.165, 1.54) is 10.4 Å². The van der Waals surface area contributed by atoms with Crippen molar-refractivity contribution in [2.24, 2.45) is 11.8 Å². The van der Waals surface area contributed by atoms with E-state index < -0.39 is 10.0 Å². The fourth-order valence-electron chi connectivity index (χ4n) is 2.15. The normalized spacial score (nSPS) is 22.3. The molecule has 7 heteroatoms. The molecule has 0 saturated heterocycles. The first kappa shape index (κ1) is 16.4. The van der Waals surface area contributed by atoms with Crippen molar-refractivity contribution in [3.8, 4) is 0 Å². The first-order valence-corrected chi connectivity index (χ1v) is 9.00. The molecule has 0 amide bonds. The number of benzene rings is 1. The van der Waals surface area contributed by atoms with E-state index in [4.69, 9.17) is 34.8 Å². The topological polar surface area (TPSA) is 37.4 Å². The highest BCUT2D eigenvalue weighted by Crippen LogP contribution is 2.39. The average Bonchev–Trinajstić information content (AvgIpc) is 3.07. The standard InChI is InChI=1S/C13H16Cl3NO2S/c1-8-3-10(8)7-17(2)20(18,19)12-5-11(15)4-9(6-14)13(12)16/h4-5,8,10H,3,6-7H2,1-2H3. The van der Waals surface area contributed by atoms with E-state index in [2.05, 4.69) is 6.92 Å². The zero-order chi connectivity index (χ0) is 15.1. The van der Waals surface area contributed by atoms with Crippen molar-refractivity contribution in [1.82, 2.24) is 4.31 Å². The van der Waals surface area contributed by atoms with Crippen LogP contribution in [0.3, 0.4) is 0 Å². The summed E-state index contributed by atoms with van der Waals surface area (Å²) in [7, 11) is -2.08. The van der Waals surface area contributed by atoms with Gasteiger partial charge in [0.25, 0.3) is 0 Å². The van der Waals surface area contributed by atoms with Gasteiger partial charge in [-0.2, -0.15) is 0 Å². The Kier molecular flexibility index (Phi) is 4.92. The van der Waals surface area contributed by atoms with E-state index in [0.29, 0.717) is 29.0 Å². The number of halogens is 3. The van der Waals surface area contributed by atoms with Crippen LogP contribution in [0.4, 0.5) is 0 Å². The highest BCUT2D eigenvalue weighted by Gasteiger charge is 2.36. The molecule has 20 heavy (non-hydrogen) atoms. The second kappa shape index (κ2) is 6.01. The molecular formula is C13H16Cl3NO2S. The lowest BCUT2D eigenvalue weighted by Gasteiger charge is -2.19. The molecule has 2 atom stereocenters. The lowest BCUT2D eigenvalue weighted by Crippen LogP contribution is -2.29. The van der Waals surface area contributed by atoms with Gasteiger partial charge in [0, 0.05) is 24.5 Å². The summed E-state index contributed by atoms with van der Waals surface area (Å²) >= 11 is 17.9. The number of sulfonamides is 1. The van der Waals surface area contributed by atoms with Crippen LogP contribution in [0.25, 0.3) is 0 Å². The van der Waals surface area contributed by atoms with Gasteiger partial charge >= 0.3 is 0 Å². The molecule has 1 saturated carbocycles. The third-order valence-electron chi connectivity index (χ3n) is 3.68. The van der Waals surface area contributed by atoms with Crippen LogP contribution in [0.5, 0.6) is 0 Å². The Morgan fingerprint density at radius 2 is 1.95 bits per heavy atom. The van der Waals surface area contributed by atoms with E-state index in [-0.39, 0.29) is 15.8 Å². The highest BCUT2D eigenvalue weighted by atomic mass is 35.5. The average molecular weight is 357 g/mol. The Labute approximate surface area is 134 Å². The third-order valence-corrected chi connectivity index (χ3v) is 6.59. The molecule has 0 aromatic heterocycles. The molecule has 0 spiro atoms. The summed E-state index contributed by atoms with van der Waals surface area (Å²) in [6.07, 6.45) is 1.07. The molecule has 2 unspecified atom stereocenters. The molecule has 0 bridgehead atoms. The monoisotopic (exact) mass is 355 g/mol. The fraction of sp³-hybridized carbons (Fsp3) is 0.538. The van der Waals surface area contributed by atoms with Gasteiger partial charge in [0.15, 0.2) is 0 Å². The number of rotatable bonds is 5. The maximum absolute atomic E-state index is 12.6. The van der Waals surface area contributed by atoms with Crippen LogP contribution >= 0.6 is 34.8 Å². The molecule has 1 fully saturated rings. The van der Waals surface area contributed by atoms with Crippen LogP contribution in [0, 0.1) is 11.8 Å². The van der Waals surface area contributed by atoms with Gasteiger partial charge in [-0.3, -0.25) is 0 Å². The first-order valence-electron chi connectivity index (χ1n) is 6.27. The minimum Gasteiger partial charge on any atom is -0.207 e. The molecule has 112 valence electrons. The number of hydrogen-bond donors (Lipinski definition) is 0. The smallest absolute Gasteiger partial charge is 0.207 e. The maximum Gasteiger partial charge on any atom is 0.244 e. The lowest BCUT2D eigenvalue weighted by molar-refractivity contribution is 0.444. The van der Waals surface area contributed by atoms with Crippen molar-refractivity contribution in [3.05, 3.63) is 27.7 Å². The van der Waals surface area contributed by atoms with Crippen molar-refractivity contribution in [2.75, 3.05) is 13.6 Å². The SMILES string of the molecule is CC1CC1CN(C)S(=O)(=O)c1cc(Cl)cc(CCl)c1Cl. The van der Waals surface area contributed by atoms with Gasteiger partial charge in [0.1, 0.15) is 4.90 Å². The van der Waals surface area contributed by atoms with Crippen LogP contribution in [0.2, 0.25) is 10.0 Å². The Morgan fingerprint density at radius 1 is 1.35 bits per heavy atom. The second-order valence-corrected chi connectivity index (χ2v) is 8.36. The molecule has 2 rings (SSSR count). The van der Waals surface area contributed by atoms with Gasteiger partial charge in [-0.1, -0.05) is 30.1 Å². The van der Waals surface area contributed by atoms with Gasteiger partial charge in [-0.25, -0.2) is 12.7 Å². The Hall–Kier alpha value is -0.000000000000000111. The van der Waals surface area contributed by atoms with E-state index in [9.17, 15) is 8.42 Å². The van der Waals surface area contributed by atoms with Crippen LogP contribution < -0.4 is 0 Å². The molecule has 1 aromatic carbocycles. The molecule has 0 N–H and O–H groups in total. The summed E-state index contributed by atoms with van der Waals surface area (Å²) in [5.74, 6) is 1.13. The van der Waals surface area contributed by atoms with Crippen molar-refractivity contribution >= 4 is 44.8 Å². The van der Waals surface area contributed by atoms with E-state index in [1.54, 1.807) is 13.1 Å². The van der Waals surface area contributed by atoms with Crippen LogP contribution in [-0.4, -0.2) is 26.3 Å². The first-order chi connectivity index (χ1) is 9.27. The van der Waals surface area contributed by atoms with Gasteiger partial charge in [0.2, 0.25) is 10.0 Å². The van der Waals surface area contributed by atoms with Crippen LogP contribution in [0.15, 0.2) is 17.0 Å². The van der Waals surface area contributed by atoms with Crippen molar-refractivity contribution in [3.63, 3.8) is 0 Å². The maximum atomic E-state index is 12.6. The lowest BCUT2D eigenvalue weighted by atomic mass is 10.2. The summed E-state index contributed by atoms with van der Waals surface area (Å²) in [6.45, 7) is 2.62. The molecule has 1 aliphatic carbocycles.